The second-order valence-corrected chi connectivity index (χ2v) is 32.6. The van der Waals surface area contributed by atoms with Crippen LogP contribution < -0.4 is 0 Å². The number of aliphatic hydroxyl groups excluding tert-OH is 1. The summed E-state index contributed by atoms with van der Waals surface area (Å²) in [6.07, 6.45) is 51.5. The molecule has 0 bridgehead atoms. The van der Waals surface area contributed by atoms with Crippen molar-refractivity contribution in [1.29, 1.82) is 0 Å². The monoisotopic (exact) mass is 1410 g/mol. The molecule has 0 aromatic heterocycles. The number of unbranched alkanes of at least 4 members (excludes halogenated alkanes) is 40. The van der Waals surface area contributed by atoms with E-state index in [9.17, 15) is 43.2 Å². The first kappa shape index (κ1) is 94.1. The van der Waals surface area contributed by atoms with Crippen LogP contribution in [0.2, 0.25) is 0 Å². The normalized spacial score (nSPS) is 14.1. The topological polar surface area (TPSA) is 237 Å². The molecule has 0 aliphatic carbocycles. The number of carbonyl (C=O) groups excluding carboxylic acids is 4. The molecule has 0 fully saturated rings. The van der Waals surface area contributed by atoms with Crippen molar-refractivity contribution in [1.82, 2.24) is 0 Å². The fourth-order valence-corrected chi connectivity index (χ4v) is 13.3. The summed E-state index contributed by atoms with van der Waals surface area (Å²) in [5, 5.41) is 10.6. The average Bonchev–Trinajstić information content (AvgIpc) is 1.40. The van der Waals surface area contributed by atoms with E-state index < -0.39 is 97.5 Å². The Morgan fingerprint density at radius 1 is 0.260 bits per heavy atom. The van der Waals surface area contributed by atoms with E-state index in [-0.39, 0.29) is 25.7 Å². The van der Waals surface area contributed by atoms with Crippen LogP contribution in [0.25, 0.3) is 0 Å². The van der Waals surface area contributed by atoms with E-state index in [0.29, 0.717) is 31.6 Å². The molecule has 0 aliphatic heterocycles. The highest BCUT2D eigenvalue weighted by Crippen LogP contribution is 2.45. The van der Waals surface area contributed by atoms with E-state index in [1.807, 2.05) is 0 Å². The Morgan fingerprint density at radius 3 is 0.646 bits per heavy atom. The van der Waals surface area contributed by atoms with Crippen molar-refractivity contribution < 1.29 is 80.2 Å². The third-order valence-electron chi connectivity index (χ3n) is 17.8. The first-order valence-corrected chi connectivity index (χ1v) is 42.7. The Hall–Kier alpha value is -1.94. The van der Waals surface area contributed by atoms with E-state index in [0.717, 1.165) is 114 Å². The van der Waals surface area contributed by atoms with Crippen LogP contribution in [0.15, 0.2) is 0 Å². The number of aliphatic hydroxyl groups is 1. The van der Waals surface area contributed by atoms with Crippen LogP contribution in [-0.2, 0) is 65.4 Å². The van der Waals surface area contributed by atoms with Gasteiger partial charge < -0.3 is 33.8 Å². The molecule has 2 unspecified atom stereocenters. The van der Waals surface area contributed by atoms with E-state index in [1.165, 1.54) is 186 Å². The zero-order valence-corrected chi connectivity index (χ0v) is 64.8. The highest BCUT2D eigenvalue weighted by Gasteiger charge is 2.30. The maximum Gasteiger partial charge on any atom is 0.472 e. The summed E-state index contributed by atoms with van der Waals surface area (Å²) in [5.74, 6) is 0.904. The Labute approximate surface area is 588 Å². The fraction of sp³-hybridized carbons (Fsp3) is 0.948. The van der Waals surface area contributed by atoms with Gasteiger partial charge in [-0.1, -0.05) is 338 Å². The van der Waals surface area contributed by atoms with Gasteiger partial charge in [-0.2, -0.15) is 0 Å². The third kappa shape index (κ3) is 70.5. The molecule has 0 aliphatic rings. The number of carbonyl (C=O) groups is 4. The standard InChI is InChI=1S/C77H150O17P2/c1-67(2)53-45-37-29-23-17-13-10-9-11-15-20-27-33-43-51-59-76(81)93-72(63-87-74(79)57-49-41-32-26-19-16-12-14-18-24-30-38-46-54-68(3)4)65-91-95(83,84)89-61-71(78)62-90-96(85,86)92-66-73(64-88-75(80)58-50-42-36-35-40-48-56-70(7)8)94-77(82)60-52-44-34-28-22-21-25-31-39-47-55-69(5)6/h67-73,78H,9-66H2,1-8H3,(H,83,84)(H,85,86)/t71-,72-,73-/m1/s1. The minimum atomic E-state index is -4.96. The summed E-state index contributed by atoms with van der Waals surface area (Å²) in [6, 6.07) is 0. The Balaban J connectivity index is 5.24. The van der Waals surface area contributed by atoms with Gasteiger partial charge in [0.25, 0.3) is 0 Å². The molecule has 0 aromatic rings. The average molecular weight is 1410 g/mol. The van der Waals surface area contributed by atoms with Crippen LogP contribution in [-0.4, -0.2) is 96.7 Å². The number of hydrogen-bond donors (Lipinski definition) is 3. The van der Waals surface area contributed by atoms with Crippen molar-refractivity contribution in [2.24, 2.45) is 23.7 Å². The molecule has 5 atom stereocenters. The molecule has 0 rings (SSSR count). The number of hydrogen-bond acceptors (Lipinski definition) is 15. The lowest BCUT2D eigenvalue weighted by molar-refractivity contribution is -0.161. The van der Waals surface area contributed by atoms with E-state index in [1.54, 1.807) is 0 Å². The van der Waals surface area contributed by atoms with Crippen LogP contribution in [0.4, 0.5) is 0 Å². The van der Waals surface area contributed by atoms with E-state index in [2.05, 4.69) is 55.4 Å². The summed E-state index contributed by atoms with van der Waals surface area (Å²) < 4.78 is 68.5. The van der Waals surface area contributed by atoms with Gasteiger partial charge in [-0.25, -0.2) is 9.13 Å². The number of rotatable bonds is 74. The number of phosphoric ester groups is 2. The number of ether oxygens (including phenoxy) is 4. The molecule has 0 saturated heterocycles. The zero-order chi connectivity index (χ0) is 71.0. The lowest BCUT2D eigenvalue weighted by atomic mass is 10.0. The molecule has 0 radical (unpaired) electrons. The Morgan fingerprint density at radius 2 is 0.438 bits per heavy atom. The van der Waals surface area contributed by atoms with Crippen LogP contribution >= 0.6 is 15.6 Å². The first-order valence-electron chi connectivity index (χ1n) is 39.7. The fourth-order valence-electron chi connectivity index (χ4n) is 11.7. The molecule has 570 valence electrons. The summed E-state index contributed by atoms with van der Waals surface area (Å²) in [7, 11) is -9.91. The first-order chi connectivity index (χ1) is 46.1. The lowest BCUT2D eigenvalue weighted by Crippen LogP contribution is -2.30. The minimum absolute atomic E-state index is 0.105. The molecular weight excluding hydrogens is 1260 g/mol. The molecule has 96 heavy (non-hydrogen) atoms. The smallest absolute Gasteiger partial charge is 0.462 e. The van der Waals surface area contributed by atoms with Gasteiger partial charge in [-0.3, -0.25) is 37.3 Å². The predicted molar refractivity (Wildman–Crippen MR) is 391 cm³/mol. The van der Waals surface area contributed by atoms with Gasteiger partial charge in [0.2, 0.25) is 0 Å². The molecule has 0 aromatic carbocycles. The van der Waals surface area contributed by atoms with E-state index in [4.69, 9.17) is 37.0 Å². The molecule has 17 nitrogen and oxygen atoms in total. The van der Waals surface area contributed by atoms with Crippen molar-refractivity contribution in [2.45, 2.75) is 408 Å². The zero-order valence-electron chi connectivity index (χ0n) is 63.0. The van der Waals surface area contributed by atoms with Gasteiger partial charge >= 0.3 is 39.5 Å². The van der Waals surface area contributed by atoms with E-state index >= 15 is 0 Å². The quantitative estimate of drug-likeness (QED) is 0.0222. The molecule has 0 heterocycles. The van der Waals surface area contributed by atoms with Gasteiger partial charge in [0.15, 0.2) is 12.2 Å². The van der Waals surface area contributed by atoms with Crippen LogP contribution in [0.1, 0.15) is 389 Å². The van der Waals surface area contributed by atoms with Gasteiger partial charge in [0, 0.05) is 25.7 Å². The molecule has 3 N–H and O–H groups in total. The van der Waals surface area contributed by atoms with Crippen molar-refractivity contribution in [3.05, 3.63) is 0 Å². The molecule has 0 spiro atoms. The summed E-state index contributed by atoms with van der Waals surface area (Å²) >= 11 is 0. The Bertz CT molecular complexity index is 1880. The highest BCUT2D eigenvalue weighted by atomic mass is 31.2. The third-order valence-corrected chi connectivity index (χ3v) is 19.7. The van der Waals surface area contributed by atoms with Crippen LogP contribution in [0.3, 0.4) is 0 Å². The summed E-state index contributed by atoms with van der Waals surface area (Å²) in [5.41, 5.74) is 0. The van der Waals surface area contributed by atoms with Gasteiger partial charge in [-0.05, 0) is 49.4 Å². The maximum atomic E-state index is 13.1. The lowest BCUT2D eigenvalue weighted by Gasteiger charge is -2.21. The summed E-state index contributed by atoms with van der Waals surface area (Å²) in [4.78, 5) is 72.8. The molecule has 19 heteroatoms. The van der Waals surface area contributed by atoms with Crippen molar-refractivity contribution >= 4 is 39.5 Å². The number of esters is 4. The Kier molecular flexibility index (Phi) is 65.0. The van der Waals surface area contributed by atoms with Crippen molar-refractivity contribution in [3.8, 4) is 0 Å². The SMILES string of the molecule is CC(C)CCCCCCCCCCCCCCCCCC(=O)O[C@H](COC(=O)CCCCCCCCCCCCCCCC(C)C)COP(=O)(O)OC[C@@H](O)COP(=O)(O)OC[C@@H](COC(=O)CCCCCCCCC(C)C)OC(=O)CCCCCCCCCCCCC(C)C. The number of phosphoric acid groups is 2. The molecule has 0 amide bonds. The van der Waals surface area contributed by atoms with Gasteiger partial charge in [0.05, 0.1) is 26.4 Å². The highest BCUT2D eigenvalue weighted by molar-refractivity contribution is 7.47. The minimum Gasteiger partial charge on any atom is -0.462 e. The second kappa shape index (κ2) is 66.3. The predicted octanol–water partition coefficient (Wildman–Crippen LogP) is 22.4. The molecule has 0 saturated carbocycles. The van der Waals surface area contributed by atoms with Gasteiger partial charge in [-0.15, -0.1) is 0 Å². The van der Waals surface area contributed by atoms with Crippen LogP contribution in [0, 0.1) is 23.7 Å². The van der Waals surface area contributed by atoms with Crippen molar-refractivity contribution in [3.63, 3.8) is 0 Å². The van der Waals surface area contributed by atoms with Crippen LogP contribution in [0.5, 0.6) is 0 Å². The second-order valence-electron chi connectivity index (χ2n) is 29.7. The molecular formula is C77H150O17P2. The van der Waals surface area contributed by atoms with Gasteiger partial charge in [0.1, 0.15) is 19.3 Å². The largest absolute Gasteiger partial charge is 0.472 e. The maximum absolute atomic E-state index is 13.1. The summed E-state index contributed by atoms with van der Waals surface area (Å²) in [6.45, 7) is 14.2. The van der Waals surface area contributed by atoms with Crippen molar-refractivity contribution in [2.75, 3.05) is 39.6 Å².